The van der Waals surface area contributed by atoms with Crippen LogP contribution in [0.15, 0.2) is 30.3 Å². The molecule has 4 heteroatoms. The number of ether oxygens (including phenoxy) is 1. The summed E-state index contributed by atoms with van der Waals surface area (Å²) in [6.07, 6.45) is 0. The minimum absolute atomic E-state index is 0.309. The zero-order chi connectivity index (χ0) is 13.8. The number of methoxy groups -OCH3 is 1. The van der Waals surface area contributed by atoms with Gasteiger partial charge in [0.05, 0.1) is 7.11 Å². The Morgan fingerprint density at radius 2 is 1.95 bits per heavy atom. The molecule has 0 bridgehead atoms. The summed E-state index contributed by atoms with van der Waals surface area (Å²) < 4.78 is 18.8. The fraction of sp³-hybridized carbons (Fsp3) is 0.200. The largest absolute Gasteiger partial charge is 0.496 e. The lowest BCUT2D eigenvalue weighted by Gasteiger charge is -2.13. The molecule has 3 nitrogen and oxygen atoms in total. The van der Waals surface area contributed by atoms with Crippen molar-refractivity contribution in [2.45, 2.75) is 13.1 Å². The van der Waals surface area contributed by atoms with Crippen LogP contribution in [0.1, 0.15) is 11.1 Å². The maximum atomic E-state index is 13.5. The first kappa shape index (κ1) is 13.5. The third-order valence-corrected chi connectivity index (χ3v) is 2.99. The van der Waals surface area contributed by atoms with Gasteiger partial charge in [0.15, 0.2) is 0 Å². The van der Waals surface area contributed by atoms with E-state index in [9.17, 15) is 4.39 Å². The average molecular weight is 259 g/mol. The van der Waals surface area contributed by atoms with E-state index in [4.69, 9.17) is 16.2 Å². The van der Waals surface area contributed by atoms with Crippen LogP contribution in [0.2, 0.25) is 0 Å². The van der Waals surface area contributed by atoms with Gasteiger partial charge in [-0.15, -0.1) is 0 Å². The second-order valence-electron chi connectivity index (χ2n) is 4.15. The second kappa shape index (κ2) is 5.82. The molecule has 0 aliphatic carbocycles. The normalized spacial score (nSPS) is 10.5. The molecular weight excluding hydrogens is 243 g/mol. The molecule has 0 spiro atoms. The highest BCUT2D eigenvalue weighted by Gasteiger charge is 2.11. The molecule has 0 amide bonds. The van der Waals surface area contributed by atoms with Crippen molar-refractivity contribution in [3.63, 3.8) is 0 Å². The van der Waals surface area contributed by atoms with E-state index in [0.717, 1.165) is 22.3 Å². The summed E-state index contributed by atoms with van der Waals surface area (Å²) in [5.74, 6) is 0.314. The molecule has 1 radical (unpaired) electrons. The summed E-state index contributed by atoms with van der Waals surface area (Å²) in [6, 6.07) is 11.1. The van der Waals surface area contributed by atoms with Gasteiger partial charge in [-0.3, -0.25) is 0 Å². The number of halogens is 1. The van der Waals surface area contributed by atoms with Crippen molar-refractivity contribution in [3.05, 3.63) is 53.3 Å². The van der Waals surface area contributed by atoms with Crippen molar-refractivity contribution >= 4 is 0 Å². The van der Waals surface area contributed by atoms with E-state index >= 15 is 0 Å². The average Bonchev–Trinajstić information content (AvgIpc) is 2.46. The van der Waals surface area contributed by atoms with Gasteiger partial charge in [-0.2, -0.15) is 0 Å². The van der Waals surface area contributed by atoms with E-state index in [1.54, 1.807) is 19.2 Å². The SMILES string of the molecule is COc1c[c]c(CN)cc1-c1cc(F)ccc1CN. The van der Waals surface area contributed by atoms with E-state index in [0.29, 0.717) is 18.8 Å². The summed E-state index contributed by atoms with van der Waals surface area (Å²) in [5.41, 5.74) is 14.5. The van der Waals surface area contributed by atoms with Crippen LogP contribution in [0.25, 0.3) is 11.1 Å². The van der Waals surface area contributed by atoms with E-state index in [-0.39, 0.29) is 5.82 Å². The maximum absolute atomic E-state index is 13.5. The van der Waals surface area contributed by atoms with E-state index in [1.807, 2.05) is 6.07 Å². The predicted molar refractivity (Wildman–Crippen MR) is 73.0 cm³/mol. The molecule has 4 N–H and O–H groups in total. The van der Waals surface area contributed by atoms with Gasteiger partial charge in [0, 0.05) is 18.7 Å². The maximum Gasteiger partial charge on any atom is 0.127 e. The zero-order valence-electron chi connectivity index (χ0n) is 10.7. The van der Waals surface area contributed by atoms with Gasteiger partial charge in [0.25, 0.3) is 0 Å². The summed E-state index contributed by atoms with van der Waals surface area (Å²) in [7, 11) is 1.57. The Kier molecular flexibility index (Phi) is 4.14. The van der Waals surface area contributed by atoms with Gasteiger partial charge in [-0.25, -0.2) is 4.39 Å². The molecule has 0 saturated heterocycles. The van der Waals surface area contributed by atoms with E-state index in [2.05, 4.69) is 6.07 Å². The minimum Gasteiger partial charge on any atom is -0.496 e. The van der Waals surface area contributed by atoms with Gasteiger partial charge in [0.2, 0.25) is 0 Å². The molecule has 2 aromatic rings. The van der Waals surface area contributed by atoms with Crippen LogP contribution in [0, 0.1) is 11.9 Å². The fourth-order valence-electron chi connectivity index (χ4n) is 2.00. The first-order chi connectivity index (χ1) is 9.19. The molecule has 2 aromatic carbocycles. The van der Waals surface area contributed by atoms with Gasteiger partial charge >= 0.3 is 0 Å². The molecule has 0 aliphatic heterocycles. The molecule has 0 aliphatic rings. The molecule has 0 aromatic heterocycles. The molecule has 19 heavy (non-hydrogen) atoms. The topological polar surface area (TPSA) is 61.3 Å². The number of rotatable bonds is 4. The quantitative estimate of drug-likeness (QED) is 0.885. The Hall–Kier alpha value is -1.91. The van der Waals surface area contributed by atoms with Crippen LogP contribution < -0.4 is 16.2 Å². The monoisotopic (exact) mass is 259 g/mol. The lowest BCUT2D eigenvalue weighted by atomic mass is 9.97. The van der Waals surface area contributed by atoms with Crippen molar-refractivity contribution in [2.24, 2.45) is 11.5 Å². The lowest BCUT2D eigenvalue weighted by Crippen LogP contribution is -2.02. The predicted octanol–water partition coefficient (Wildman–Crippen LogP) is 2.22. The van der Waals surface area contributed by atoms with Crippen LogP contribution in [-0.4, -0.2) is 7.11 Å². The van der Waals surface area contributed by atoms with Gasteiger partial charge in [0.1, 0.15) is 11.6 Å². The smallest absolute Gasteiger partial charge is 0.127 e. The summed E-state index contributed by atoms with van der Waals surface area (Å²) >= 11 is 0. The highest BCUT2D eigenvalue weighted by atomic mass is 19.1. The number of hydrogen-bond donors (Lipinski definition) is 2. The van der Waals surface area contributed by atoms with E-state index < -0.39 is 0 Å². The Bertz CT molecular complexity index is 584. The minimum atomic E-state index is -0.309. The Morgan fingerprint density at radius 1 is 1.16 bits per heavy atom. The third kappa shape index (κ3) is 2.75. The zero-order valence-corrected chi connectivity index (χ0v) is 10.7. The van der Waals surface area contributed by atoms with Crippen molar-refractivity contribution in [1.82, 2.24) is 0 Å². The molecule has 0 saturated carbocycles. The second-order valence-corrected chi connectivity index (χ2v) is 4.15. The summed E-state index contributed by atoms with van der Waals surface area (Å²) in [4.78, 5) is 0. The van der Waals surface area contributed by atoms with Crippen molar-refractivity contribution in [2.75, 3.05) is 7.11 Å². The van der Waals surface area contributed by atoms with Crippen LogP contribution in [0.3, 0.4) is 0 Å². The lowest BCUT2D eigenvalue weighted by molar-refractivity contribution is 0.416. The Balaban J connectivity index is 2.65. The molecule has 99 valence electrons. The summed E-state index contributed by atoms with van der Waals surface area (Å²) in [6.45, 7) is 0.694. The highest BCUT2D eigenvalue weighted by Crippen LogP contribution is 2.33. The van der Waals surface area contributed by atoms with Gasteiger partial charge in [-0.1, -0.05) is 6.07 Å². The van der Waals surface area contributed by atoms with Crippen LogP contribution >= 0.6 is 0 Å². The molecule has 0 atom stereocenters. The summed E-state index contributed by atoms with van der Waals surface area (Å²) in [5, 5.41) is 0. The number of benzene rings is 2. The first-order valence-corrected chi connectivity index (χ1v) is 5.97. The van der Waals surface area contributed by atoms with Crippen LogP contribution in [0.4, 0.5) is 4.39 Å². The standard InChI is InChI=1S/C15H16FN2O/c1-19-15-5-2-10(8-17)6-14(15)13-7-12(16)4-3-11(13)9-18/h3-7H,8-9,17-18H2,1H3. The number of nitrogens with two attached hydrogens (primary N) is 2. The van der Waals surface area contributed by atoms with Crippen LogP contribution in [0.5, 0.6) is 5.75 Å². The van der Waals surface area contributed by atoms with E-state index in [1.165, 1.54) is 12.1 Å². The Labute approximate surface area is 112 Å². The highest BCUT2D eigenvalue weighted by molar-refractivity contribution is 5.74. The first-order valence-electron chi connectivity index (χ1n) is 5.97. The van der Waals surface area contributed by atoms with Crippen molar-refractivity contribution in [3.8, 4) is 16.9 Å². The molecule has 0 fully saturated rings. The molecule has 0 heterocycles. The van der Waals surface area contributed by atoms with Crippen molar-refractivity contribution in [1.29, 1.82) is 0 Å². The van der Waals surface area contributed by atoms with Gasteiger partial charge < -0.3 is 16.2 Å². The fourth-order valence-corrected chi connectivity index (χ4v) is 2.00. The molecular formula is C15H16FN2O. The van der Waals surface area contributed by atoms with Crippen LogP contribution in [-0.2, 0) is 13.1 Å². The molecule has 2 rings (SSSR count). The third-order valence-electron chi connectivity index (χ3n) is 2.99. The van der Waals surface area contributed by atoms with Crippen molar-refractivity contribution < 1.29 is 9.13 Å². The number of hydrogen-bond acceptors (Lipinski definition) is 3. The Morgan fingerprint density at radius 3 is 2.58 bits per heavy atom. The van der Waals surface area contributed by atoms with Gasteiger partial charge in [-0.05, 0) is 47.0 Å². The molecule has 0 unspecified atom stereocenters.